The lowest BCUT2D eigenvalue weighted by atomic mass is 9.76. The zero-order valence-corrected chi connectivity index (χ0v) is 13.2. The Kier molecular flexibility index (Phi) is 3.51. The Morgan fingerprint density at radius 1 is 1.26 bits per heavy atom. The molecule has 2 aromatic rings. The summed E-state index contributed by atoms with van der Waals surface area (Å²) in [7, 11) is 2.15. The van der Waals surface area contributed by atoms with Gasteiger partial charge in [-0.1, -0.05) is 24.3 Å². The number of rotatable bonds is 3. The van der Waals surface area contributed by atoms with Gasteiger partial charge in [0.15, 0.2) is 11.5 Å². The van der Waals surface area contributed by atoms with E-state index >= 15 is 0 Å². The highest BCUT2D eigenvalue weighted by atomic mass is 16.5. The quantitative estimate of drug-likeness (QED) is 0.914. The number of fused-ring (bicyclic) bond motifs is 2. The number of phenolic OH excluding ortho intramolecular Hbond substituents is 1. The van der Waals surface area contributed by atoms with Crippen LogP contribution in [-0.4, -0.2) is 41.9 Å². The molecule has 0 unspecified atom stereocenters. The number of ether oxygens (including phenoxy) is 1. The fourth-order valence-corrected chi connectivity index (χ4v) is 3.92. The molecule has 2 aliphatic rings. The Bertz CT molecular complexity index is 757. The first kappa shape index (κ1) is 14.5. The fourth-order valence-electron chi connectivity index (χ4n) is 3.92. The van der Waals surface area contributed by atoms with Crippen LogP contribution in [0, 0.1) is 0 Å². The summed E-state index contributed by atoms with van der Waals surface area (Å²) in [5, 5.41) is 19.8. The highest BCUT2D eigenvalue weighted by Gasteiger charge is 2.35. The molecule has 1 heterocycles. The van der Waals surface area contributed by atoms with Crippen molar-refractivity contribution in [1.82, 2.24) is 4.90 Å². The van der Waals surface area contributed by atoms with E-state index in [-0.39, 0.29) is 19.0 Å². The van der Waals surface area contributed by atoms with Crippen LogP contribution in [0.3, 0.4) is 0 Å². The van der Waals surface area contributed by atoms with Crippen molar-refractivity contribution in [1.29, 1.82) is 0 Å². The van der Waals surface area contributed by atoms with Crippen LogP contribution < -0.4 is 4.74 Å². The molecule has 0 saturated carbocycles. The van der Waals surface area contributed by atoms with Gasteiger partial charge in [-0.05, 0) is 48.2 Å². The van der Waals surface area contributed by atoms with E-state index in [0.29, 0.717) is 11.8 Å². The summed E-state index contributed by atoms with van der Waals surface area (Å²) >= 11 is 0. The zero-order valence-electron chi connectivity index (χ0n) is 13.2. The van der Waals surface area contributed by atoms with Gasteiger partial charge in [0.1, 0.15) is 6.61 Å². The van der Waals surface area contributed by atoms with Gasteiger partial charge in [0.05, 0.1) is 6.61 Å². The minimum atomic E-state index is -0.0617. The number of hydrogen-bond donors (Lipinski definition) is 2. The Morgan fingerprint density at radius 2 is 2.09 bits per heavy atom. The molecule has 0 saturated heterocycles. The molecule has 2 N–H and O–H groups in total. The molecule has 120 valence electrons. The number of hydrogen-bond acceptors (Lipinski definition) is 4. The van der Waals surface area contributed by atoms with Crippen LogP contribution in [-0.2, 0) is 12.8 Å². The Hall–Kier alpha value is -2.04. The van der Waals surface area contributed by atoms with Crippen LogP contribution in [0.2, 0.25) is 0 Å². The fraction of sp³-hybridized carbons (Fsp3) is 0.368. The van der Waals surface area contributed by atoms with Crippen molar-refractivity contribution in [2.75, 3.05) is 26.8 Å². The second kappa shape index (κ2) is 5.55. The third kappa shape index (κ3) is 2.21. The highest BCUT2D eigenvalue weighted by Crippen LogP contribution is 2.51. The summed E-state index contributed by atoms with van der Waals surface area (Å²) in [6, 6.07) is 10.5. The predicted octanol–water partition coefficient (Wildman–Crippen LogP) is 2.52. The second-order valence-corrected chi connectivity index (χ2v) is 6.35. The number of nitrogens with zero attached hydrogens (tertiary/aromatic N) is 1. The molecule has 2 aromatic carbocycles. The Labute approximate surface area is 135 Å². The number of likely N-dealkylation sites (N-methyl/N-ethyl adjacent to an activating group) is 1. The second-order valence-electron chi connectivity index (χ2n) is 6.35. The van der Waals surface area contributed by atoms with E-state index in [2.05, 4.69) is 30.1 Å². The number of benzene rings is 2. The molecule has 0 aromatic heterocycles. The van der Waals surface area contributed by atoms with Gasteiger partial charge in [0.2, 0.25) is 0 Å². The first-order valence-electron chi connectivity index (χ1n) is 8.11. The minimum absolute atomic E-state index is 0.0617. The van der Waals surface area contributed by atoms with Gasteiger partial charge < -0.3 is 14.9 Å². The summed E-state index contributed by atoms with van der Waals surface area (Å²) in [4.78, 5) is 2.37. The highest BCUT2D eigenvalue weighted by molar-refractivity contribution is 5.83. The molecular formula is C19H21NO3. The molecule has 0 spiro atoms. The van der Waals surface area contributed by atoms with Crippen LogP contribution in [0.1, 0.15) is 22.7 Å². The average molecular weight is 311 g/mol. The van der Waals surface area contributed by atoms with Crippen molar-refractivity contribution < 1.29 is 14.9 Å². The number of phenols is 1. The average Bonchev–Trinajstić information content (AvgIpc) is 2.58. The monoisotopic (exact) mass is 311 g/mol. The largest absolute Gasteiger partial charge is 0.504 e. The molecule has 0 amide bonds. The molecule has 0 bridgehead atoms. The van der Waals surface area contributed by atoms with Crippen molar-refractivity contribution in [3.63, 3.8) is 0 Å². The zero-order chi connectivity index (χ0) is 16.0. The normalized spacial score (nSPS) is 19.1. The minimum Gasteiger partial charge on any atom is -0.504 e. The van der Waals surface area contributed by atoms with Crippen molar-refractivity contribution >= 4 is 0 Å². The Morgan fingerprint density at radius 3 is 2.91 bits per heavy atom. The van der Waals surface area contributed by atoms with E-state index < -0.39 is 0 Å². The molecule has 0 radical (unpaired) electrons. The van der Waals surface area contributed by atoms with Crippen molar-refractivity contribution in [3.05, 3.63) is 47.0 Å². The maximum Gasteiger partial charge on any atom is 0.166 e. The van der Waals surface area contributed by atoms with E-state index in [9.17, 15) is 5.11 Å². The molecule has 4 rings (SSSR count). The van der Waals surface area contributed by atoms with Crippen molar-refractivity contribution in [2.45, 2.75) is 18.9 Å². The lowest BCUT2D eigenvalue weighted by Crippen LogP contribution is -2.35. The SMILES string of the molecule is CN1CCc2cc(OCCO)c(O)c3c2[C@H]1Cc1ccccc1-3. The van der Waals surface area contributed by atoms with E-state index in [4.69, 9.17) is 9.84 Å². The molecule has 4 nitrogen and oxygen atoms in total. The predicted molar refractivity (Wildman–Crippen MR) is 88.9 cm³/mol. The first-order valence-corrected chi connectivity index (χ1v) is 8.11. The number of aliphatic hydroxyl groups is 1. The van der Waals surface area contributed by atoms with E-state index in [1.807, 2.05) is 12.1 Å². The molecule has 23 heavy (non-hydrogen) atoms. The van der Waals surface area contributed by atoms with Gasteiger partial charge in [0.25, 0.3) is 0 Å². The van der Waals surface area contributed by atoms with Crippen molar-refractivity contribution in [2.24, 2.45) is 0 Å². The molecule has 1 aliphatic carbocycles. The van der Waals surface area contributed by atoms with E-state index in [1.165, 1.54) is 16.7 Å². The van der Waals surface area contributed by atoms with Crippen LogP contribution in [0.15, 0.2) is 30.3 Å². The summed E-state index contributed by atoms with van der Waals surface area (Å²) < 4.78 is 5.58. The van der Waals surface area contributed by atoms with Crippen LogP contribution in [0.5, 0.6) is 11.5 Å². The maximum absolute atomic E-state index is 10.8. The van der Waals surface area contributed by atoms with Crippen LogP contribution >= 0.6 is 0 Å². The summed E-state index contributed by atoms with van der Waals surface area (Å²) in [5.41, 5.74) is 5.77. The van der Waals surface area contributed by atoms with Gasteiger partial charge in [-0.3, -0.25) is 4.90 Å². The number of aromatic hydroxyl groups is 1. The summed E-state index contributed by atoms with van der Waals surface area (Å²) in [6.07, 6.45) is 1.93. The third-order valence-corrected chi connectivity index (χ3v) is 5.04. The van der Waals surface area contributed by atoms with Gasteiger partial charge in [-0.15, -0.1) is 0 Å². The summed E-state index contributed by atoms with van der Waals surface area (Å²) in [6.45, 7) is 1.13. The van der Waals surface area contributed by atoms with Gasteiger partial charge in [-0.25, -0.2) is 0 Å². The summed E-state index contributed by atoms with van der Waals surface area (Å²) in [5.74, 6) is 0.678. The smallest absolute Gasteiger partial charge is 0.166 e. The lowest BCUT2D eigenvalue weighted by molar-refractivity contribution is 0.195. The van der Waals surface area contributed by atoms with Gasteiger partial charge in [-0.2, -0.15) is 0 Å². The topological polar surface area (TPSA) is 52.9 Å². The molecular weight excluding hydrogens is 290 g/mol. The lowest BCUT2D eigenvalue weighted by Gasteiger charge is -2.40. The van der Waals surface area contributed by atoms with Gasteiger partial charge >= 0.3 is 0 Å². The third-order valence-electron chi connectivity index (χ3n) is 5.04. The molecule has 0 fully saturated rings. The Balaban J connectivity index is 1.96. The first-order chi connectivity index (χ1) is 11.2. The van der Waals surface area contributed by atoms with Crippen molar-refractivity contribution in [3.8, 4) is 22.6 Å². The van der Waals surface area contributed by atoms with E-state index in [0.717, 1.165) is 30.5 Å². The molecule has 1 aliphatic heterocycles. The standard InChI is InChI=1S/C19H21NO3/c1-20-7-6-13-11-16(23-9-8-21)19(22)18-14-5-3-2-4-12(14)10-15(20)17(13)18/h2-5,11,15,21-22H,6-10H2,1H3/t15-/m1/s1. The maximum atomic E-state index is 10.8. The van der Waals surface area contributed by atoms with Crippen LogP contribution in [0.25, 0.3) is 11.1 Å². The molecule has 1 atom stereocenters. The number of aliphatic hydroxyl groups excluding tert-OH is 1. The van der Waals surface area contributed by atoms with E-state index in [1.54, 1.807) is 0 Å². The van der Waals surface area contributed by atoms with Crippen LogP contribution in [0.4, 0.5) is 0 Å². The molecule has 4 heteroatoms. The van der Waals surface area contributed by atoms with Gasteiger partial charge in [0, 0.05) is 18.2 Å².